The van der Waals surface area contributed by atoms with Crippen molar-refractivity contribution in [2.24, 2.45) is 0 Å². The molecule has 4 rings (SSSR count). The predicted octanol–water partition coefficient (Wildman–Crippen LogP) is 4.51. The van der Waals surface area contributed by atoms with E-state index in [1.807, 2.05) is 19.1 Å². The molecule has 1 fully saturated rings. The molecule has 0 saturated carbocycles. The first-order valence-electron chi connectivity index (χ1n) is 9.79. The highest BCUT2D eigenvalue weighted by Crippen LogP contribution is 2.37. The number of benzene rings is 1. The molecule has 3 aromatic rings. The van der Waals surface area contributed by atoms with Gasteiger partial charge in [-0.05, 0) is 67.1 Å². The maximum atomic E-state index is 11.4. The van der Waals surface area contributed by atoms with Crippen molar-refractivity contribution in [3.63, 3.8) is 0 Å². The van der Waals surface area contributed by atoms with Gasteiger partial charge < -0.3 is 15.3 Å². The van der Waals surface area contributed by atoms with E-state index in [1.54, 1.807) is 24.3 Å². The molecule has 5 nitrogen and oxygen atoms in total. The average molecular weight is 408 g/mol. The standard InChI is InChI=1S/C23H25N3O2S/c1-14-4-5-21(28)19(10-14)20-11-17(23-15(2)7-9-29-23)12-22(25-20)26-8-6-18(13-26)24-16(3)27/h4-5,7,9-12,18,28H,6,8,13H2,1-3H3,(H,24,27). The Kier molecular flexibility index (Phi) is 5.28. The van der Waals surface area contributed by atoms with Gasteiger partial charge in [0.1, 0.15) is 11.6 Å². The van der Waals surface area contributed by atoms with Crippen molar-refractivity contribution < 1.29 is 9.90 Å². The third kappa shape index (κ3) is 4.12. The summed E-state index contributed by atoms with van der Waals surface area (Å²) in [6.45, 7) is 7.25. The summed E-state index contributed by atoms with van der Waals surface area (Å²) in [5, 5.41) is 15.6. The second kappa shape index (κ2) is 7.87. The van der Waals surface area contributed by atoms with Crippen LogP contribution in [0.1, 0.15) is 24.5 Å². The van der Waals surface area contributed by atoms with Crippen LogP contribution in [-0.4, -0.2) is 35.1 Å². The van der Waals surface area contributed by atoms with E-state index < -0.39 is 0 Å². The number of thiophene rings is 1. The summed E-state index contributed by atoms with van der Waals surface area (Å²) < 4.78 is 0. The van der Waals surface area contributed by atoms with Crippen LogP contribution >= 0.6 is 11.3 Å². The van der Waals surface area contributed by atoms with Gasteiger partial charge in [-0.25, -0.2) is 4.98 Å². The van der Waals surface area contributed by atoms with Gasteiger partial charge in [0.05, 0.1) is 5.69 Å². The Balaban J connectivity index is 1.78. The molecule has 1 aliphatic rings. The fraction of sp³-hybridized carbons (Fsp3) is 0.304. The number of phenolic OH excluding ortho intramolecular Hbond substituents is 1. The van der Waals surface area contributed by atoms with Crippen molar-refractivity contribution in [3.05, 3.63) is 52.9 Å². The lowest BCUT2D eigenvalue weighted by atomic mass is 10.0. The molecule has 29 heavy (non-hydrogen) atoms. The summed E-state index contributed by atoms with van der Waals surface area (Å²) >= 11 is 1.71. The quantitative estimate of drug-likeness (QED) is 0.668. The Bertz CT molecular complexity index is 1060. The summed E-state index contributed by atoms with van der Waals surface area (Å²) in [6, 6.07) is 12.0. The molecule has 0 bridgehead atoms. The maximum absolute atomic E-state index is 11.4. The Hall–Kier alpha value is -2.86. The molecule has 0 aliphatic carbocycles. The maximum Gasteiger partial charge on any atom is 0.217 e. The van der Waals surface area contributed by atoms with Gasteiger partial charge in [-0.2, -0.15) is 0 Å². The molecule has 0 radical (unpaired) electrons. The highest BCUT2D eigenvalue weighted by molar-refractivity contribution is 7.13. The van der Waals surface area contributed by atoms with Crippen molar-refractivity contribution in [2.45, 2.75) is 33.2 Å². The molecule has 150 valence electrons. The van der Waals surface area contributed by atoms with Crippen LogP contribution in [0.4, 0.5) is 5.82 Å². The minimum Gasteiger partial charge on any atom is -0.507 e. The van der Waals surface area contributed by atoms with Crippen molar-refractivity contribution in [3.8, 4) is 27.4 Å². The van der Waals surface area contributed by atoms with Crippen molar-refractivity contribution in [1.82, 2.24) is 10.3 Å². The number of anilines is 1. The number of carbonyl (C=O) groups is 1. The van der Waals surface area contributed by atoms with Gasteiger partial charge in [0.2, 0.25) is 5.91 Å². The van der Waals surface area contributed by atoms with Crippen molar-refractivity contribution in [2.75, 3.05) is 18.0 Å². The summed E-state index contributed by atoms with van der Waals surface area (Å²) in [4.78, 5) is 19.7. The number of aryl methyl sites for hydroxylation is 2. The van der Waals surface area contributed by atoms with E-state index >= 15 is 0 Å². The number of hydrogen-bond acceptors (Lipinski definition) is 5. The zero-order valence-electron chi connectivity index (χ0n) is 16.9. The summed E-state index contributed by atoms with van der Waals surface area (Å²) in [7, 11) is 0. The Morgan fingerprint density at radius 1 is 1.24 bits per heavy atom. The monoisotopic (exact) mass is 407 g/mol. The average Bonchev–Trinajstić information content (AvgIpc) is 3.32. The van der Waals surface area contributed by atoms with Crippen molar-refractivity contribution in [1.29, 1.82) is 0 Å². The zero-order chi connectivity index (χ0) is 20.5. The molecule has 2 N–H and O–H groups in total. The Labute approximate surface area is 175 Å². The Morgan fingerprint density at radius 3 is 2.79 bits per heavy atom. The lowest BCUT2D eigenvalue weighted by Gasteiger charge is -2.20. The predicted molar refractivity (Wildman–Crippen MR) is 119 cm³/mol. The molecule has 0 spiro atoms. The molecule has 3 heterocycles. The second-order valence-corrected chi connectivity index (χ2v) is 8.60. The van der Waals surface area contributed by atoms with Crippen LogP contribution in [0.3, 0.4) is 0 Å². The number of rotatable bonds is 4. The smallest absolute Gasteiger partial charge is 0.217 e. The van der Waals surface area contributed by atoms with Crippen LogP contribution < -0.4 is 10.2 Å². The van der Waals surface area contributed by atoms with E-state index in [1.165, 1.54) is 10.4 Å². The van der Waals surface area contributed by atoms with Gasteiger partial charge in [-0.1, -0.05) is 11.6 Å². The minimum atomic E-state index is -0.00172. The molecule has 1 aromatic carbocycles. The third-order valence-electron chi connectivity index (χ3n) is 5.28. The van der Waals surface area contributed by atoms with Gasteiger partial charge in [0, 0.05) is 36.5 Å². The third-order valence-corrected chi connectivity index (χ3v) is 6.35. The molecule has 1 aliphatic heterocycles. The fourth-order valence-electron chi connectivity index (χ4n) is 3.84. The molecule has 1 unspecified atom stereocenters. The summed E-state index contributed by atoms with van der Waals surface area (Å²) in [5.74, 6) is 1.10. The first kappa shape index (κ1) is 19.5. The van der Waals surface area contributed by atoms with E-state index in [0.717, 1.165) is 47.7 Å². The number of hydrogen-bond donors (Lipinski definition) is 2. The number of amides is 1. The summed E-state index contributed by atoms with van der Waals surface area (Å²) in [6.07, 6.45) is 0.897. The highest BCUT2D eigenvalue weighted by atomic mass is 32.1. The van der Waals surface area contributed by atoms with Gasteiger partial charge in [-0.3, -0.25) is 4.79 Å². The molecule has 1 atom stereocenters. The minimum absolute atomic E-state index is 0.00172. The first-order valence-corrected chi connectivity index (χ1v) is 10.7. The SMILES string of the molecule is CC(=O)NC1CCN(c2cc(-c3sccc3C)cc(-c3cc(C)ccc3O)n2)C1. The molecule has 6 heteroatoms. The topological polar surface area (TPSA) is 65.5 Å². The molecule has 1 saturated heterocycles. The largest absolute Gasteiger partial charge is 0.507 e. The molecule has 2 aromatic heterocycles. The first-order chi connectivity index (χ1) is 13.9. The van der Waals surface area contributed by atoms with Gasteiger partial charge in [0.25, 0.3) is 0 Å². The number of aromatic hydroxyl groups is 1. The highest BCUT2D eigenvalue weighted by Gasteiger charge is 2.25. The van der Waals surface area contributed by atoms with Crippen LogP contribution in [0.2, 0.25) is 0 Å². The number of nitrogens with one attached hydrogen (secondary N) is 1. The van der Waals surface area contributed by atoms with Gasteiger partial charge >= 0.3 is 0 Å². The molecular formula is C23H25N3O2S. The normalized spacial score (nSPS) is 16.2. The fourth-order valence-corrected chi connectivity index (χ4v) is 4.76. The van der Waals surface area contributed by atoms with Gasteiger partial charge in [0.15, 0.2) is 0 Å². The van der Waals surface area contributed by atoms with Crippen LogP contribution in [0, 0.1) is 13.8 Å². The van der Waals surface area contributed by atoms with E-state index in [0.29, 0.717) is 0 Å². The van der Waals surface area contributed by atoms with Crippen LogP contribution in [0.25, 0.3) is 21.7 Å². The van der Waals surface area contributed by atoms with E-state index in [2.05, 4.69) is 40.7 Å². The number of phenols is 1. The van der Waals surface area contributed by atoms with Crippen LogP contribution in [0.5, 0.6) is 5.75 Å². The van der Waals surface area contributed by atoms with Crippen molar-refractivity contribution >= 4 is 23.1 Å². The van der Waals surface area contributed by atoms with E-state index in [9.17, 15) is 9.90 Å². The lowest BCUT2D eigenvalue weighted by molar-refractivity contribution is -0.119. The lowest BCUT2D eigenvalue weighted by Crippen LogP contribution is -2.35. The zero-order valence-corrected chi connectivity index (χ0v) is 17.7. The Morgan fingerprint density at radius 2 is 2.07 bits per heavy atom. The number of pyridine rings is 1. The second-order valence-electron chi connectivity index (χ2n) is 7.68. The van der Waals surface area contributed by atoms with E-state index in [4.69, 9.17) is 4.98 Å². The number of nitrogens with zero attached hydrogens (tertiary/aromatic N) is 2. The summed E-state index contributed by atoms with van der Waals surface area (Å²) in [5.41, 5.74) is 4.89. The van der Waals surface area contributed by atoms with Crippen LogP contribution in [-0.2, 0) is 4.79 Å². The number of aromatic nitrogens is 1. The molecular weight excluding hydrogens is 382 g/mol. The molecule has 1 amide bonds. The van der Waals surface area contributed by atoms with Crippen LogP contribution in [0.15, 0.2) is 41.8 Å². The van der Waals surface area contributed by atoms with Gasteiger partial charge in [-0.15, -0.1) is 11.3 Å². The van der Waals surface area contributed by atoms with E-state index in [-0.39, 0.29) is 17.7 Å². The number of carbonyl (C=O) groups excluding carboxylic acids is 1.